The lowest BCUT2D eigenvalue weighted by Gasteiger charge is -2.11. The summed E-state index contributed by atoms with van der Waals surface area (Å²) >= 11 is 5.56. The summed E-state index contributed by atoms with van der Waals surface area (Å²) in [7, 11) is 0. The van der Waals surface area contributed by atoms with Crippen molar-refractivity contribution in [3.63, 3.8) is 0 Å². The van der Waals surface area contributed by atoms with E-state index in [1.54, 1.807) is 12.2 Å². The van der Waals surface area contributed by atoms with Gasteiger partial charge in [-0.2, -0.15) is 8.78 Å². The highest BCUT2D eigenvalue weighted by molar-refractivity contribution is 6.31. The lowest BCUT2D eigenvalue weighted by Crippen LogP contribution is -2.01. The number of allylic oxidation sites excluding steroid dienone is 3. The summed E-state index contributed by atoms with van der Waals surface area (Å²) in [6.45, 7) is -2.79. The van der Waals surface area contributed by atoms with Crippen LogP contribution in [0, 0.1) is 0 Å². The van der Waals surface area contributed by atoms with Crippen molar-refractivity contribution >= 4 is 11.6 Å². The molecule has 0 saturated heterocycles. The molecule has 62 valence electrons. The van der Waals surface area contributed by atoms with Gasteiger partial charge in [-0.3, -0.25) is 0 Å². The topological polar surface area (TPSA) is 9.23 Å². The molecule has 1 aliphatic carbocycles. The highest BCUT2D eigenvalue weighted by Gasteiger charge is 2.12. The van der Waals surface area contributed by atoms with Gasteiger partial charge in [0.15, 0.2) is 0 Å². The van der Waals surface area contributed by atoms with E-state index in [2.05, 4.69) is 4.74 Å². The Labute approximate surface area is 68.3 Å². The summed E-state index contributed by atoms with van der Waals surface area (Å²) < 4.78 is 27.4. The summed E-state index contributed by atoms with van der Waals surface area (Å²) in [5, 5.41) is 0.275. The number of hydrogen-bond acceptors (Lipinski definition) is 1. The smallest absolute Gasteiger partial charge is 0.387 e. The average Bonchev–Trinajstić information content (AvgIpc) is 1.93. The molecule has 0 unspecified atom stereocenters. The molecular weight excluding hydrogens is 174 g/mol. The monoisotopic (exact) mass is 180 g/mol. The fraction of sp³-hybridized carbons (Fsp3) is 0.429. The van der Waals surface area contributed by atoms with Crippen LogP contribution in [0.25, 0.3) is 0 Å². The maximum Gasteiger partial charge on any atom is 0.387 e. The van der Waals surface area contributed by atoms with Gasteiger partial charge in [0.2, 0.25) is 0 Å². The second kappa shape index (κ2) is 3.72. The van der Waals surface area contributed by atoms with Crippen LogP contribution in [-0.2, 0) is 4.74 Å². The Hall–Kier alpha value is -0.570. The highest BCUT2D eigenvalue weighted by atomic mass is 35.5. The maximum atomic E-state index is 11.6. The highest BCUT2D eigenvalue weighted by Crippen LogP contribution is 2.24. The Kier molecular flexibility index (Phi) is 2.88. The number of alkyl halides is 2. The molecule has 0 fully saturated rings. The van der Waals surface area contributed by atoms with E-state index in [-0.39, 0.29) is 10.8 Å². The van der Waals surface area contributed by atoms with E-state index in [1.807, 2.05) is 0 Å². The van der Waals surface area contributed by atoms with Gasteiger partial charge in [0, 0.05) is 0 Å². The Morgan fingerprint density at radius 3 is 2.55 bits per heavy atom. The molecule has 0 heterocycles. The lowest BCUT2D eigenvalue weighted by molar-refractivity contribution is -0.0930. The van der Waals surface area contributed by atoms with Crippen LogP contribution in [-0.4, -0.2) is 6.61 Å². The first kappa shape index (κ1) is 8.53. The molecule has 0 bridgehead atoms. The van der Waals surface area contributed by atoms with Crippen molar-refractivity contribution in [1.82, 2.24) is 0 Å². The van der Waals surface area contributed by atoms with Crippen molar-refractivity contribution in [2.45, 2.75) is 19.5 Å². The predicted octanol–water partition coefficient (Wildman–Crippen LogP) is 3.03. The zero-order valence-electron chi connectivity index (χ0n) is 5.69. The molecule has 0 N–H and O–H groups in total. The van der Waals surface area contributed by atoms with Crippen molar-refractivity contribution in [3.8, 4) is 0 Å². The average molecular weight is 181 g/mol. The Bertz CT molecular complexity index is 199. The van der Waals surface area contributed by atoms with Crippen molar-refractivity contribution in [2.24, 2.45) is 0 Å². The minimum absolute atomic E-state index is 0.0907. The normalized spacial score (nSPS) is 17.8. The van der Waals surface area contributed by atoms with Gasteiger partial charge in [0.25, 0.3) is 0 Å². The molecule has 0 atom stereocenters. The van der Waals surface area contributed by atoms with Crippen LogP contribution >= 0.6 is 11.6 Å². The van der Waals surface area contributed by atoms with Crippen LogP contribution in [0.1, 0.15) is 12.8 Å². The molecule has 0 aliphatic heterocycles. The van der Waals surface area contributed by atoms with Gasteiger partial charge in [-0.25, -0.2) is 0 Å². The third kappa shape index (κ3) is 2.50. The Balaban J connectivity index is 2.56. The van der Waals surface area contributed by atoms with Crippen molar-refractivity contribution in [1.29, 1.82) is 0 Å². The molecule has 1 aliphatic rings. The molecule has 0 aromatic carbocycles. The molecule has 1 nitrogen and oxygen atoms in total. The van der Waals surface area contributed by atoms with E-state index < -0.39 is 6.61 Å². The third-order valence-corrected chi connectivity index (χ3v) is 1.61. The van der Waals surface area contributed by atoms with E-state index in [0.29, 0.717) is 6.42 Å². The first-order valence-corrected chi connectivity index (χ1v) is 3.59. The quantitative estimate of drug-likeness (QED) is 0.635. The molecule has 1 rings (SSSR count). The SMILES string of the molecule is FC(F)OC1=CCCC=C1Cl. The molecule has 0 aromatic rings. The van der Waals surface area contributed by atoms with Crippen molar-refractivity contribution in [2.75, 3.05) is 0 Å². The zero-order chi connectivity index (χ0) is 8.27. The Morgan fingerprint density at radius 2 is 2.00 bits per heavy atom. The first-order valence-electron chi connectivity index (χ1n) is 3.21. The van der Waals surface area contributed by atoms with Gasteiger partial charge in [-0.15, -0.1) is 0 Å². The molecule has 0 amide bonds. The van der Waals surface area contributed by atoms with E-state index >= 15 is 0 Å². The fourth-order valence-electron chi connectivity index (χ4n) is 0.823. The maximum absolute atomic E-state index is 11.6. The molecule has 0 spiro atoms. The van der Waals surface area contributed by atoms with Gasteiger partial charge < -0.3 is 4.74 Å². The second-order valence-electron chi connectivity index (χ2n) is 2.08. The van der Waals surface area contributed by atoms with Gasteiger partial charge >= 0.3 is 6.61 Å². The summed E-state index contributed by atoms with van der Waals surface area (Å²) in [6, 6.07) is 0. The molecule has 0 radical (unpaired) electrons. The van der Waals surface area contributed by atoms with Crippen LogP contribution < -0.4 is 0 Å². The molecule has 0 aromatic heterocycles. The van der Waals surface area contributed by atoms with E-state index in [4.69, 9.17) is 11.6 Å². The lowest BCUT2D eigenvalue weighted by atomic mass is 10.2. The van der Waals surface area contributed by atoms with Crippen LogP contribution in [0.15, 0.2) is 22.9 Å². The van der Waals surface area contributed by atoms with Gasteiger partial charge in [-0.1, -0.05) is 17.7 Å². The zero-order valence-corrected chi connectivity index (χ0v) is 6.44. The molecule has 11 heavy (non-hydrogen) atoms. The standard InChI is InChI=1S/C7H7ClF2O/c8-5-3-1-2-4-6(5)11-7(9)10/h3-4,7H,1-2H2. The number of rotatable bonds is 2. The molecule has 4 heteroatoms. The first-order chi connectivity index (χ1) is 5.20. The van der Waals surface area contributed by atoms with Gasteiger partial charge in [0.05, 0.1) is 5.03 Å². The minimum atomic E-state index is -2.79. The van der Waals surface area contributed by atoms with Crippen molar-refractivity contribution < 1.29 is 13.5 Å². The molecule has 0 saturated carbocycles. The van der Waals surface area contributed by atoms with Crippen LogP contribution in [0.5, 0.6) is 0 Å². The summed E-state index contributed by atoms with van der Waals surface area (Å²) in [6.07, 6.45) is 4.72. The van der Waals surface area contributed by atoms with Crippen LogP contribution in [0.2, 0.25) is 0 Å². The van der Waals surface area contributed by atoms with Gasteiger partial charge in [-0.05, 0) is 18.9 Å². The number of halogens is 3. The van der Waals surface area contributed by atoms with Crippen LogP contribution in [0.4, 0.5) is 8.78 Å². The third-order valence-electron chi connectivity index (χ3n) is 1.27. The summed E-state index contributed by atoms with van der Waals surface area (Å²) in [4.78, 5) is 0. The summed E-state index contributed by atoms with van der Waals surface area (Å²) in [5.74, 6) is 0.0907. The van der Waals surface area contributed by atoms with E-state index in [9.17, 15) is 8.78 Å². The Morgan fingerprint density at radius 1 is 1.36 bits per heavy atom. The van der Waals surface area contributed by atoms with E-state index in [0.717, 1.165) is 6.42 Å². The predicted molar refractivity (Wildman–Crippen MR) is 38.3 cm³/mol. The van der Waals surface area contributed by atoms with Crippen molar-refractivity contribution in [3.05, 3.63) is 22.9 Å². The fourth-order valence-corrected chi connectivity index (χ4v) is 1.05. The second-order valence-corrected chi connectivity index (χ2v) is 2.48. The van der Waals surface area contributed by atoms with Crippen LogP contribution in [0.3, 0.4) is 0 Å². The van der Waals surface area contributed by atoms with E-state index in [1.165, 1.54) is 0 Å². The van der Waals surface area contributed by atoms with Gasteiger partial charge in [0.1, 0.15) is 5.76 Å². The molecular formula is C7H7ClF2O. The minimum Gasteiger partial charge on any atom is -0.434 e. The largest absolute Gasteiger partial charge is 0.434 e. The summed E-state index contributed by atoms with van der Waals surface area (Å²) in [5.41, 5.74) is 0. The number of hydrogen-bond donors (Lipinski definition) is 0. The number of ether oxygens (including phenoxy) is 1.